The van der Waals surface area contributed by atoms with Gasteiger partial charge in [-0.3, -0.25) is 0 Å². The summed E-state index contributed by atoms with van der Waals surface area (Å²) in [6.07, 6.45) is 0.899. The van der Waals surface area contributed by atoms with Gasteiger partial charge in [0, 0.05) is 16.0 Å². The Hall–Kier alpha value is -0.590. The van der Waals surface area contributed by atoms with Gasteiger partial charge in [-0.1, -0.05) is 0 Å². The zero-order valence-corrected chi connectivity index (χ0v) is 11.1. The molecule has 6 heteroatoms. The molecule has 2 N–H and O–H groups in total. The Labute approximate surface area is 106 Å². The molecule has 1 atom stereocenters. The average Bonchev–Trinajstić information content (AvgIpc) is 2.87. The molecule has 0 saturated carbocycles. The molecule has 2 amide bonds. The van der Waals surface area contributed by atoms with E-state index in [1.807, 2.05) is 11.4 Å². The predicted molar refractivity (Wildman–Crippen MR) is 66.6 cm³/mol. The van der Waals surface area contributed by atoms with E-state index in [0.717, 1.165) is 22.4 Å². The number of hydrogen-bond acceptors (Lipinski definition) is 3. The van der Waals surface area contributed by atoms with Gasteiger partial charge in [-0.05, 0) is 33.8 Å². The minimum absolute atomic E-state index is 0.129. The summed E-state index contributed by atoms with van der Waals surface area (Å²) in [7, 11) is 0. The van der Waals surface area contributed by atoms with Crippen molar-refractivity contribution in [3.63, 3.8) is 0 Å². The van der Waals surface area contributed by atoms with Gasteiger partial charge < -0.3 is 15.4 Å². The van der Waals surface area contributed by atoms with Gasteiger partial charge in [-0.15, -0.1) is 11.3 Å². The van der Waals surface area contributed by atoms with Crippen LogP contribution in [-0.4, -0.2) is 25.3 Å². The summed E-state index contributed by atoms with van der Waals surface area (Å²) in [6, 6.07) is 2.01. The minimum atomic E-state index is -0.129. The molecule has 1 fully saturated rings. The van der Waals surface area contributed by atoms with E-state index < -0.39 is 0 Å². The van der Waals surface area contributed by atoms with Gasteiger partial charge >= 0.3 is 6.03 Å². The Balaban J connectivity index is 1.73. The number of urea groups is 1. The summed E-state index contributed by atoms with van der Waals surface area (Å²) >= 11 is 5.04. The van der Waals surface area contributed by atoms with Crippen LogP contribution in [0.3, 0.4) is 0 Å². The second kappa shape index (κ2) is 5.65. The number of carbonyl (C=O) groups excluding carboxylic acids is 1. The summed E-state index contributed by atoms with van der Waals surface area (Å²) < 4.78 is 6.22. The third-order valence-electron chi connectivity index (χ3n) is 2.37. The molecule has 1 aliphatic heterocycles. The summed E-state index contributed by atoms with van der Waals surface area (Å²) in [4.78, 5) is 12.6. The number of amides is 2. The molecule has 2 rings (SSSR count). The van der Waals surface area contributed by atoms with E-state index in [1.165, 1.54) is 0 Å². The molecule has 0 aromatic carbocycles. The van der Waals surface area contributed by atoms with Gasteiger partial charge in [-0.2, -0.15) is 0 Å². The number of ether oxygens (including phenoxy) is 1. The van der Waals surface area contributed by atoms with E-state index in [0.29, 0.717) is 13.2 Å². The van der Waals surface area contributed by atoms with E-state index >= 15 is 0 Å². The fraction of sp³-hybridized carbons (Fsp3) is 0.500. The first-order chi connectivity index (χ1) is 7.75. The van der Waals surface area contributed by atoms with E-state index in [4.69, 9.17) is 4.74 Å². The number of rotatable bonds is 3. The molecule has 1 aromatic heterocycles. The van der Waals surface area contributed by atoms with Gasteiger partial charge in [0.1, 0.15) is 0 Å². The standard InChI is InChI=1S/C10H13BrN2O2S/c11-8-2-4-16-9(8)5-12-10(14)13-7-1-3-15-6-7/h2,4,7H,1,3,5-6H2,(H2,12,13,14). The molecule has 88 valence electrons. The maximum absolute atomic E-state index is 11.5. The Morgan fingerprint density at radius 1 is 1.69 bits per heavy atom. The van der Waals surface area contributed by atoms with Crippen LogP contribution >= 0.6 is 27.3 Å². The van der Waals surface area contributed by atoms with Crippen LogP contribution in [0, 0.1) is 0 Å². The average molecular weight is 305 g/mol. The van der Waals surface area contributed by atoms with Crippen molar-refractivity contribution in [3.8, 4) is 0 Å². The smallest absolute Gasteiger partial charge is 0.315 e. The monoisotopic (exact) mass is 304 g/mol. The van der Waals surface area contributed by atoms with Crippen molar-refractivity contribution in [3.05, 3.63) is 20.8 Å². The predicted octanol–water partition coefficient (Wildman–Crippen LogP) is 2.10. The highest BCUT2D eigenvalue weighted by molar-refractivity contribution is 9.10. The van der Waals surface area contributed by atoms with Crippen molar-refractivity contribution in [2.45, 2.75) is 19.0 Å². The molecule has 1 aromatic rings. The molecule has 4 nitrogen and oxygen atoms in total. The largest absolute Gasteiger partial charge is 0.379 e. The van der Waals surface area contributed by atoms with Crippen molar-refractivity contribution < 1.29 is 9.53 Å². The third-order valence-corrected chi connectivity index (χ3v) is 4.29. The van der Waals surface area contributed by atoms with Gasteiger partial charge in [0.15, 0.2) is 0 Å². The molecule has 0 aliphatic carbocycles. The normalized spacial score (nSPS) is 19.7. The van der Waals surface area contributed by atoms with Crippen molar-refractivity contribution in [1.82, 2.24) is 10.6 Å². The van der Waals surface area contributed by atoms with Gasteiger partial charge in [0.05, 0.1) is 19.2 Å². The lowest BCUT2D eigenvalue weighted by molar-refractivity contribution is 0.188. The van der Waals surface area contributed by atoms with E-state index in [2.05, 4.69) is 26.6 Å². The van der Waals surface area contributed by atoms with Crippen molar-refractivity contribution in [2.75, 3.05) is 13.2 Å². The zero-order valence-electron chi connectivity index (χ0n) is 8.66. The van der Waals surface area contributed by atoms with E-state index in [-0.39, 0.29) is 12.1 Å². The highest BCUT2D eigenvalue weighted by Crippen LogP contribution is 2.22. The van der Waals surface area contributed by atoms with Crippen molar-refractivity contribution >= 4 is 33.3 Å². The fourth-order valence-corrected chi connectivity index (χ4v) is 2.93. The zero-order chi connectivity index (χ0) is 11.4. The Morgan fingerprint density at radius 3 is 3.19 bits per heavy atom. The first kappa shape index (κ1) is 11.9. The van der Waals surface area contributed by atoms with Crippen LogP contribution in [-0.2, 0) is 11.3 Å². The molecule has 2 heterocycles. The van der Waals surface area contributed by atoms with E-state index in [9.17, 15) is 4.79 Å². The van der Waals surface area contributed by atoms with Crippen LogP contribution < -0.4 is 10.6 Å². The van der Waals surface area contributed by atoms with Crippen molar-refractivity contribution in [2.24, 2.45) is 0 Å². The maximum Gasteiger partial charge on any atom is 0.315 e. The molecule has 1 saturated heterocycles. The maximum atomic E-state index is 11.5. The Morgan fingerprint density at radius 2 is 2.56 bits per heavy atom. The molecular formula is C10H13BrN2O2S. The topological polar surface area (TPSA) is 50.4 Å². The molecule has 16 heavy (non-hydrogen) atoms. The highest BCUT2D eigenvalue weighted by atomic mass is 79.9. The molecule has 1 unspecified atom stereocenters. The number of nitrogens with one attached hydrogen (secondary N) is 2. The summed E-state index contributed by atoms with van der Waals surface area (Å²) in [5.74, 6) is 0. The van der Waals surface area contributed by atoms with Gasteiger partial charge in [0.25, 0.3) is 0 Å². The van der Waals surface area contributed by atoms with Gasteiger partial charge in [0.2, 0.25) is 0 Å². The minimum Gasteiger partial charge on any atom is -0.379 e. The second-order valence-corrected chi connectivity index (χ2v) is 5.43. The lowest BCUT2D eigenvalue weighted by atomic mass is 10.3. The van der Waals surface area contributed by atoms with Crippen LogP contribution in [0.2, 0.25) is 0 Å². The number of carbonyl (C=O) groups is 1. The molecule has 1 aliphatic rings. The lowest BCUT2D eigenvalue weighted by Gasteiger charge is -2.11. The van der Waals surface area contributed by atoms with Gasteiger partial charge in [-0.25, -0.2) is 4.79 Å². The summed E-state index contributed by atoms with van der Waals surface area (Å²) in [6.45, 7) is 1.91. The molecule has 0 bridgehead atoms. The van der Waals surface area contributed by atoms with Crippen molar-refractivity contribution in [1.29, 1.82) is 0 Å². The fourth-order valence-electron chi connectivity index (χ4n) is 1.50. The molecule has 0 spiro atoms. The van der Waals surface area contributed by atoms with Crippen LogP contribution in [0.1, 0.15) is 11.3 Å². The Bertz CT molecular complexity index is 363. The lowest BCUT2D eigenvalue weighted by Crippen LogP contribution is -2.41. The highest BCUT2D eigenvalue weighted by Gasteiger charge is 2.17. The van der Waals surface area contributed by atoms with Crippen LogP contribution in [0.4, 0.5) is 4.79 Å². The number of thiophene rings is 1. The third kappa shape index (κ3) is 3.20. The first-order valence-corrected chi connectivity index (χ1v) is 6.77. The van der Waals surface area contributed by atoms with Crippen LogP contribution in [0.25, 0.3) is 0 Å². The first-order valence-electron chi connectivity index (χ1n) is 5.09. The van der Waals surface area contributed by atoms with E-state index in [1.54, 1.807) is 11.3 Å². The number of hydrogen-bond donors (Lipinski definition) is 2. The number of halogens is 1. The summed E-state index contributed by atoms with van der Waals surface area (Å²) in [5.41, 5.74) is 0. The SMILES string of the molecule is O=C(NCc1sccc1Br)NC1CCOC1. The Kier molecular flexibility index (Phi) is 4.20. The summed E-state index contributed by atoms with van der Waals surface area (Å²) in [5, 5.41) is 7.69. The quantitative estimate of drug-likeness (QED) is 0.898. The molecule has 0 radical (unpaired) electrons. The molecular weight excluding hydrogens is 292 g/mol. The van der Waals surface area contributed by atoms with Crippen LogP contribution in [0.5, 0.6) is 0 Å². The van der Waals surface area contributed by atoms with Crippen LogP contribution in [0.15, 0.2) is 15.9 Å². The second-order valence-electron chi connectivity index (χ2n) is 3.58.